The third-order valence-electron chi connectivity index (χ3n) is 1.43. The molecule has 0 spiro atoms. The average molecular weight is 176 g/mol. The zero-order valence-corrected chi connectivity index (χ0v) is 7.25. The van der Waals surface area contributed by atoms with Crippen LogP contribution in [-0.4, -0.2) is 43.9 Å². The van der Waals surface area contributed by atoms with Gasteiger partial charge in [-0.2, -0.15) is 0 Å². The van der Waals surface area contributed by atoms with E-state index in [2.05, 4.69) is 5.32 Å². The van der Waals surface area contributed by atoms with Crippen LogP contribution in [0.15, 0.2) is 0 Å². The molecule has 0 bridgehead atoms. The van der Waals surface area contributed by atoms with E-state index in [4.69, 9.17) is 15.6 Å². The van der Waals surface area contributed by atoms with E-state index in [1.165, 1.54) is 0 Å². The molecule has 1 unspecified atom stereocenters. The van der Waals surface area contributed by atoms with Gasteiger partial charge in [0.05, 0.1) is 6.61 Å². The van der Waals surface area contributed by atoms with Gasteiger partial charge in [0.25, 0.3) is 0 Å². The molecule has 1 atom stereocenters. The summed E-state index contributed by atoms with van der Waals surface area (Å²) in [5, 5.41) is 11.4. The second kappa shape index (κ2) is 7.02. The fourth-order valence-electron chi connectivity index (χ4n) is 0.680. The Hall–Kier alpha value is -0.650. The molecule has 0 aliphatic heterocycles. The minimum absolute atomic E-state index is 0.443. The summed E-state index contributed by atoms with van der Waals surface area (Å²) in [4.78, 5) is 10.2. The molecule has 5 nitrogen and oxygen atoms in total. The van der Waals surface area contributed by atoms with Crippen LogP contribution < -0.4 is 11.1 Å². The Labute approximate surface area is 71.9 Å². The van der Waals surface area contributed by atoms with Crippen LogP contribution >= 0.6 is 0 Å². The van der Waals surface area contributed by atoms with Gasteiger partial charge in [-0.1, -0.05) is 0 Å². The minimum Gasteiger partial charge on any atom is -0.480 e. The van der Waals surface area contributed by atoms with E-state index < -0.39 is 12.0 Å². The Kier molecular flexibility index (Phi) is 6.64. The lowest BCUT2D eigenvalue weighted by atomic mass is 10.2. The topological polar surface area (TPSA) is 84.6 Å². The molecule has 0 aromatic carbocycles. The van der Waals surface area contributed by atoms with E-state index in [-0.39, 0.29) is 0 Å². The highest BCUT2D eigenvalue weighted by molar-refractivity contribution is 5.72. The Balaban J connectivity index is 3.14. The summed E-state index contributed by atoms with van der Waals surface area (Å²) in [6.07, 6.45) is 0.443. The van der Waals surface area contributed by atoms with Crippen molar-refractivity contribution in [3.8, 4) is 0 Å². The third kappa shape index (κ3) is 6.09. The molecule has 5 heteroatoms. The maximum atomic E-state index is 10.2. The molecular weight excluding hydrogens is 160 g/mol. The SMILES string of the molecule is COCCNCCC(N)C(=O)O. The van der Waals surface area contributed by atoms with Crippen molar-refractivity contribution in [2.24, 2.45) is 5.73 Å². The largest absolute Gasteiger partial charge is 0.480 e. The Bertz CT molecular complexity index is 130. The van der Waals surface area contributed by atoms with Gasteiger partial charge in [-0.3, -0.25) is 4.79 Å². The van der Waals surface area contributed by atoms with Gasteiger partial charge < -0.3 is 20.9 Å². The summed E-state index contributed by atoms with van der Waals surface area (Å²) in [7, 11) is 1.62. The highest BCUT2D eigenvalue weighted by atomic mass is 16.5. The van der Waals surface area contributed by atoms with E-state index in [0.29, 0.717) is 19.6 Å². The maximum absolute atomic E-state index is 10.2. The lowest BCUT2D eigenvalue weighted by Crippen LogP contribution is -2.34. The first kappa shape index (κ1) is 11.4. The molecule has 0 fully saturated rings. The highest BCUT2D eigenvalue weighted by Crippen LogP contribution is 1.85. The number of carboxylic acids is 1. The average Bonchev–Trinajstić information content (AvgIpc) is 2.03. The van der Waals surface area contributed by atoms with Crippen molar-refractivity contribution in [1.82, 2.24) is 5.32 Å². The van der Waals surface area contributed by atoms with Crippen molar-refractivity contribution < 1.29 is 14.6 Å². The molecule has 0 saturated heterocycles. The first-order valence-corrected chi connectivity index (χ1v) is 3.86. The second-order valence-electron chi connectivity index (χ2n) is 2.48. The normalized spacial score (nSPS) is 12.8. The lowest BCUT2D eigenvalue weighted by Gasteiger charge is -2.06. The molecule has 4 N–H and O–H groups in total. The van der Waals surface area contributed by atoms with Crippen molar-refractivity contribution in [1.29, 1.82) is 0 Å². The summed E-state index contributed by atoms with van der Waals surface area (Å²) in [5.41, 5.74) is 5.26. The van der Waals surface area contributed by atoms with Crippen LogP contribution in [0.5, 0.6) is 0 Å². The number of nitrogens with two attached hydrogens (primary N) is 1. The fourth-order valence-corrected chi connectivity index (χ4v) is 0.680. The smallest absolute Gasteiger partial charge is 0.320 e. The van der Waals surface area contributed by atoms with Crippen LogP contribution in [-0.2, 0) is 9.53 Å². The summed E-state index contributed by atoms with van der Waals surface area (Å²) in [6, 6.07) is -0.764. The number of carbonyl (C=O) groups is 1. The molecule has 0 aliphatic rings. The first-order valence-electron chi connectivity index (χ1n) is 3.86. The summed E-state index contributed by atoms with van der Waals surface area (Å²) in [5.74, 6) is -0.955. The number of hydrogen-bond acceptors (Lipinski definition) is 4. The Morgan fingerprint density at radius 2 is 2.33 bits per heavy atom. The number of rotatable bonds is 7. The van der Waals surface area contributed by atoms with Crippen LogP contribution in [0.2, 0.25) is 0 Å². The number of nitrogens with one attached hydrogen (secondary N) is 1. The zero-order chi connectivity index (χ0) is 9.40. The van der Waals surface area contributed by atoms with Crippen LogP contribution in [0.4, 0.5) is 0 Å². The first-order chi connectivity index (χ1) is 5.68. The van der Waals surface area contributed by atoms with E-state index in [0.717, 1.165) is 6.54 Å². The molecule has 0 aliphatic carbocycles. The van der Waals surface area contributed by atoms with E-state index in [9.17, 15) is 4.79 Å². The van der Waals surface area contributed by atoms with Gasteiger partial charge in [0, 0.05) is 13.7 Å². The third-order valence-corrected chi connectivity index (χ3v) is 1.43. The lowest BCUT2D eigenvalue weighted by molar-refractivity contribution is -0.138. The van der Waals surface area contributed by atoms with Crippen LogP contribution in [0, 0.1) is 0 Å². The molecule has 0 aromatic rings. The predicted molar refractivity (Wildman–Crippen MR) is 45.0 cm³/mol. The molecular formula is C7H16N2O3. The fraction of sp³-hybridized carbons (Fsp3) is 0.857. The van der Waals surface area contributed by atoms with Crippen LogP contribution in [0.1, 0.15) is 6.42 Å². The molecule has 0 radical (unpaired) electrons. The van der Waals surface area contributed by atoms with Crippen molar-refractivity contribution in [2.75, 3.05) is 26.8 Å². The monoisotopic (exact) mass is 176 g/mol. The maximum Gasteiger partial charge on any atom is 0.320 e. The molecule has 0 rings (SSSR count). The number of carboxylic acid groups (broad SMARTS) is 1. The molecule has 0 heterocycles. The predicted octanol–water partition coefficient (Wildman–Crippen LogP) is -0.976. The van der Waals surface area contributed by atoms with Crippen LogP contribution in [0.25, 0.3) is 0 Å². The van der Waals surface area contributed by atoms with Gasteiger partial charge in [-0.05, 0) is 13.0 Å². The van der Waals surface area contributed by atoms with Crippen LogP contribution in [0.3, 0.4) is 0 Å². The summed E-state index contributed by atoms with van der Waals surface area (Å²) >= 11 is 0. The highest BCUT2D eigenvalue weighted by Gasteiger charge is 2.09. The number of aliphatic carboxylic acids is 1. The molecule has 0 aromatic heterocycles. The zero-order valence-electron chi connectivity index (χ0n) is 7.25. The van der Waals surface area contributed by atoms with Gasteiger partial charge in [-0.15, -0.1) is 0 Å². The quantitative estimate of drug-likeness (QED) is 0.434. The standard InChI is InChI=1S/C7H16N2O3/c1-12-5-4-9-3-2-6(8)7(10)11/h6,9H,2-5,8H2,1H3,(H,10,11). The number of hydrogen-bond donors (Lipinski definition) is 3. The van der Waals surface area contributed by atoms with E-state index in [1.54, 1.807) is 7.11 Å². The van der Waals surface area contributed by atoms with Gasteiger partial charge in [0.2, 0.25) is 0 Å². The summed E-state index contributed by atoms with van der Waals surface area (Å²) in [6.45, 7) is 1.96. The van der Waals surface area contributed by atoms with Crippen molar-refractivity contribution in [3.05, 3.63) is 0 Å². The second-order valence-corrected chi connectivity index (χ2v) is 2.48. The van der Waals surface area contributed by atoms with Gasteiger partial charge in [0.1, 0.15) is 6.04 Å². The molecule has 12 heavy (non-hydrogen) atoms. The number of methoxy groups -OCH3 is 1. The van der Waals surface area contributed by atoms with Gasteiger partial charge >= 0.3 is 5.97 Å². The minimum atomic E-state index is -0.955. The molecule has 0 saturated carbocycles. The Morgan fingerprint density at radius 1 is 1.67 bits per heavy atom. The Morgan fingerprint density at radius 3 is 2.83 bits per heavy atom. The summed E-state index contributed by atoms with van der Waals surface area (Å²) < 4.78 is 4.79. The van der Waals surface area contributed by atoms with E-state index in [1.807, 2.05) is 0 Å². The number of ether oxygens (including phenoxy) is 1. The van der Waals surface area contributed by atoms with Gasteiger partial charge in [0.15, 0.2) is 0 Å². The van der Waals surface area contributed by atoms with Gasteiger partial charge in [-0.25, -0.2) is 0 Å². The molecule has 0 amide bonds. The van der Waals surface area contributed by atoms with Crippen molar-refractivity contribution in [2.45, 2.75) is 12.5 Å². The van der Waals surface area contributed by atoms with Crippen molar-refractivity contribution in [3.63, 3.8) is 0 Å². The van der Waals surface area contributed by atoms with Crippen molar-refractivity contribution >= 4 is 5.97 Å². The van der Waals surface area contributed by atoms with E-state index >= 15 is 0 Å². The molecule has 72 valence electrons.